The number of aromatic carboxylic acids is 1. The highest BCUT2D eigenvalue weighted by Gasteiger charge is 2.26. The topological polar surface area (TPSA) is 75.4 Å². The number of nitrogens with zero attached hydrogens (tertiary/aromatic N) is 3. The molecule has 0 aliphatic carbocycles. The van der Waals surface area contributed by atoms with Crippen LogP contribution in [0.25, 0.3) is 0 Å². The lowest BCUT2D eigenvalue weighted by molar-refractivity contribution is -0.132. The van der Waals surface area contributed by atoms with Crippen molar-refractivity contribution in [2.24, 2.45) is 5.92 Å². The second-order valence-corrected chi connectivity index (χ2v) is 5.29. The van der Waals surface area contributed by atoms with Gasteiger partial charge in [0.15, 0.2) is 5.69 Å². The third kappa shape index (κ3) is 2.94. The van der Waals surface area contributed by atoms with Gasteiger partial charge in [0.05, 0.1) is 18.6 Å². The number of carboxylic acid groups (broad SMARTS) is 1. The number of fused-ring (bicyclic) bond motifs is 1. The first-order valence-corrected chi connectivity index (χ1v) is 6.54. The highest BCUT2D eigenvalue weighted by molar-refractivity contribution is 5.87. The van der Waals surface area contributed by atoms with Crippen LogP contribution in [0.1, 0.15) is 42.9 Å². The number of carboxylic acids is 1. The summed E-state index contributed by atoms with van der Waals surface area (Å²) in [5, 5.41) is 9.05. The average Bonchev–Trinajstić information content (AvgIpc) is 2.78. The van der Waals surface area contributed by atoms with Gasteiger partial charge in [-0.25, -0.2) is 9.78 Å². The standard InChI is InChI=1S/C13H19N3O3/c1-9(2)3-4-11(17)15-5-6-16-8-14-12(13(18)19)10(16)7-15/h8-9H,3-7H2,1-2H3,(H,18,19). The molecule has 19 heavy (non-hydrogen) atoms. The van der Waals surface area contributed by atoms with E-state index in [1.807, 2.05) is 4.57 Å². The number of carbonyl (C=O) groups is 2. The molecule has 0 spiro atoms. The highest BCUT2D eigenvalue weighted by atomic mass is 16.4. The summed E-state index contributed by atoms with van der Waals surface area (Å²) >= 11 is 0. The van der Waals surface area contributed by atoms with E-state index in [-0.39, 0.29) is 11.6 Å². The highest BCUT2D eigenvalue weighted by Crippen LogP contribution is 2.18. The van der Waals surface area contributed by atoms with Gasteiger partial charge in [-0.05, 0) is 12.3 Å². The van der Waals surface area contributed by atoms with Crippen molar-refractivity contribution >= 4 is 11.9 Å². The molecule has 6 heteroatoms. The molecule has 1 N–H and O–H groups in total. The second kappa shape index (κ2) is 5.42. The fourth-order valence-corrected chi connectivity index (χ4v) is 2.22. The van der Waals surface area contributed by atoms with Gasteiger partial charge in [-0.1, -0.05) is 13.8 Å². The van der Waals surface area contributed by atoms with Crippen molar-refractivity contribution in [1.29, 1.82) is 0 Å². The van der Waals surface area contributed by atoms with E-state index in [1.165, 1.54) is 6.33 Å². The summed E-state index contributed by atoms with van der Waals surface area (Å²) in [6.07, 6.45) is 2.92. The van der Waals surface area contributed by atoms with E-state index in [1.54, 1.807) is 4.90 Å². The van der Waals surface area contributed by atoms with Crippen molar-refractivity contribution in [3.05, 3.63) is 17.7 Å². The summed E-state index contributed by atoms with van der Waals surface area (Å²) in [5.41, 5.74) is 0.679. The maximum absolute atomic E-state index is 12.1. The molecule has 2 rings (SSSR count). The lowest BCUT2D eigenvalue weighted by Gasteiger charge is -2.28. The van der Waals surface area contributed by atoms with Crippen LogP contribution in [0.2, 0.25) is 0 Å². The lowest BCUT2D eigenvalue weighted by Crippen LogP contribution is -2.38. The van der Waals surface area contributed by atoms with Gasteiger partial charge in [-0.3, -0.25) is 4.79 Å². The number of rotatable bonds is 4. The Bertz CT molecular complexity index is 493. The van der Waals surface area contributed by atoms with Crippen LogP contribution in [0.3, 0.4) is 0 Å². The summed E-state index contributed by atoms with van der Waals surface area (Å²) in [4.78, 5) is 28.7. The number of hydrogen-bond donors (Lipinski definition) is 1. The van der Waals surface area contributed by atoms with E-state index < -0.39 is 5.97 Å². The quantitative estimate of drug-likeness (QED) is 0.892. The Morgan fingerprint density at radius 3 is 2.79 bits per heavy atom. The summed E-state index contributed by atoms with van der Waals surface area (Å²) < 4.78 is 1.82. The minimum absolute atomic E-state index is 0.0568. The number of carbonyl (C=O) groups excluding carboxylic acids is 1. The van der Waals surface area contributed by atoms with E-state index in [0.717, 1.165) is 6.42 Å². The molecule has 0 radical (unpaired) electrons. The molecule has 0 bridgehead atoms. The molecular formula is C13H19N3O3. The maximum atomic E-state index is 12.1. The third-order valence-corrected chi connectivity index (χ3v) is 3.39. The molecular weight excluding hydrogens is 246 g/mol. The van der Waals surface area contributed by atoms with Crippen LogP contribution in [-0.4, -0.2) is 38.0 Å². The zero-order chi connectivity index (χ0) is 14.0. The van der Waals surface area contributed by atoms with Gasteiger partial charge in [0, 0.05) is 19.5 Å². The van der Waals surface area contributed by atoms with Crippen LogP contribution in [-0.2, 0) is 17.9 Å². The number of amides is 1. The van der Waals surface area contributed by atoms with Crippen LogP contribution >= 0.6 is 0 Å². The zero-order valence-electron chi connectivity index (χ0n) is 11.3. The monoisotopic (exact) mass is 265 g/mol. The van der Waals surface area contributed by atoms with E-state index in [2.05, 4.69) is 18.8 Å². The maximum Gasteiger partial charge on any atom is 0.356 e. The Kier molecular flexibility index (Phi) is 3.87. The molecule has 0 saturated carbocycles. The Balaban J connectivity index is 2.06. The second-order valence-electron chi connectivity index (χ2n) is 5.29. The first-order chi connectivity index (χ1) is 8.99. The molecule has 0 atom stereocenters. The summed E-state index contributed by atoms with van der Waals surface area (Å²) in [6, 6.07) is 0. The molecule has 104 valence electrons. The van der Waals surface area contributed by atoms with Gasteiger partial charge in [0.2, 0.25) is 5.91 Å². The van der Waals surface area contributed by atoms with Crippen molar-refractivity contribution in [1.82, 2.24) is 14.5 Å². The van der Waals surface area contributed by atoms with Crippen molar-refractivity contribution < 1.29 is 14.7 Å². The molecule has 1 aliphatic heterocycles. The normalized spacial score (nSPS) is 14.6. The molecule has 1 aromatic rings. The van der Waals surface area contributed by atoms with Crippen molar-refractivity contribution in [2.45, 2.75) is 39.8 Å². The van der Waals surface area contributed by atoms with Gasteiger partial charge < -0.3 is 14.6 Å². The van der Waals surface area contributed by atoms with E-state index in [4.69, 9.17) is 5.11 Å². The molecule has 6 nitrogen and oxygen atoms in total. The average molecular weight is 265 g/mol. The van der Waals surface area contributed by atoms with Crippen LogP contribution in [0, 0.1) is 5.92 Å². The number of hydrogen-bond acceptors (Lipinski definition) is 3. The molecule has 1 amide bonds. The Morgan fingerprint density at radius 2 is 2.16 bits per heavy atom. The van der Waals surface area contributed by atoms with Gasteiger partial charge in [0.1, 0.15) is 0 Å². The molecule has 0 unspecified atom stereocenters. The molecule has 0 saturated heterocycles. The SMILES string of the molecule is CC(C)CCC(=O)N1CCn2cnc(C(=O)O)c2C1. The molecule has 0 fully saturated rings. The van der Waals surface area contributed by atoms with Gasteiger partial charge in [-0.2, -0.15) is 0 Å². The predicted molar refractivity (Wildman–Crippen MR) is 68.7 cm³/mol. The third-order valence-electron chi connectivity index (χ3n) is 3.39. The van der Waals surface area contributed by atoms with Crippen molar-refractivity contribution in [2.75, 3.05) is 6.54 Å². The first kappa shape index (κ1) is 13.6. The summed E-state index contributed by atoms with van der Waals surface area (Å²) in [7, 11) is 0. The molecule has 0 aromatic carbocycles. The Morgan fingerprint density at radius 1 is 1.42 bits per heavy atom. The van der Waals surface area contributed by atoms with Crippen LogP contribution in [0.15, 0.2) is 6.33 Å². The molecule has 1 aliphatic rings. The Hall–Kier alpha value is -1.85. The van der Waals surface area contributed by atoms with Gasteiger partial charge >= 0.3 is 5.97 Å². The fourth-order valence-electron chi connectivity index (χ4n) is 2.22. The predicted octanol–water partition coefficient (Wildman–Crippen LogP) is 1.36. The minimum atomic E-state index is -1.04. The van der Waals surface area contributed by atoms with E-state index >= 15 is 0 Å². The van der Waals surface area contributed by atoms with Crippen LogP contribution < -0.4 is 0 Å². The first-order valence-electron chi connectivity index (χ1n) is 6.54. The molecule has 1 aromatic heterocycles. The minimum Gasteiger partial charge on any atom is -0.476 e. The van der Waals surface area contributed by atoms with Gasteiger partial charge in [0.25, 0.3) is 0 Å². The smallest absolute Gasteiger partial charge is 0.356 e. The number of aromatic nitrogens is 2. The zero-order valence-corrected chi connectivity index (χ0v) is 11.3. The van der Waals surface area contributed by atoms with Crippen LogP contribution in [0.5, 0.6) is 0 Å². The van der Waals surface area contributed by atoms with E-state index in [9.17, 15) is 9.59 Å². The fraction of sp³-hybridized carbons (Fsp3) is 0.615. The Labute approximate surface area is 112 Å². The van der Waals surface area contributed by atoms with Crippen molar-refractivity contribution in [3.8, 4) is 0 Å². The lowest BCUT2D eigenvalue weighted by atomic mass is 10.1. The largest absolute Gasteiger partial charge is 0.476 e. The molecule has 2 heterocycles. The van der Waals surface area contributed by atoms with Crippen molar-refractivity contribution in [3.63, 3.8) is 0 Å². The number of imidazole rings is 1. The van der Waals surface area contributed by atoms with Crippen LogP contribution in [0.4, 0.5) is 0 Å². The summed E-state index contributed by atoms with van der Waals surface area (Å²) in [6.45, 7) is 5.75. The van der Waals surface area contributed by atoms with Gasteiger partial charge in [-0.15, -0.1) is 0 Å². The summed E-state index contributed by atoms with van der Waals surface area (Å²) in [5.74, 6) is -0.448. The van der Waals surface area contributed by atoms with E-state index in [0.29, 0.717) is 37.7 Å².